The fourth-order valence-electron chi connectivity index (χ4n) is 3.08. The first-order chi connectivity index (χ1) is 15.3. The van der Waals surface area contributed by atoms with E-state index in [1.54, 1.807) is 19.9 Å². The highest BCUT2D eigenvalue weighted by Crippen LogP contribution is 2.30. The van der Waals surface area contributed by atoms with Crippen LogP contribution in [0.15, 0.2) is 42.5 Å². The number of hydrogen-bond donors (Lipinski definition) is 1. The van der Waals surface area contributed by atoms with Gasteiger partial charge in [0.25, 0.3) is 0 Å². The highest BCUT2D eigenvalue weighted by molar-refractivity contribution is 7.92. The van der Waals surface area contributed by atoms with Crippen LogP contribution in [0.1, 0.15) is 26.3 Å². The van der Waals surface area contributed by atoms with Crippen molar-refractivity contribution in [1.29, 1.82) is 0 Å². The Hall–Kier alpha value is -2.36. The van der Waals surface area contributed by atoms with Gasteiger partial charge in [0.2, 0.25) is 21.8 Å². The monoisotopic (exact) mass is 517 g/mol. The van der Waals surface area contributed by atoms with Crippen LogP contribution in [0.4, 0.5) is 10.1 Å². The summed E-state index contributed by atoms with van der Waals surface area (Å²) in [6.07, 6.45) is 0.932. The lowest BCUT2D eigenvalue weighted by Crippen LogP contribution is -2.52. The number of amides is 2. The molecule has 33 heavy (non-hydrogen) atoms. The molecule has 0 saturated carbocycles. The average molecular weight is 518 g/mol. The normalized spacial score (nSPS) is 12.4. The molecule has 0 heterocycles. The van der Waals surface area contributed by atoms with Crippen molar-refractivity contribution in [1.82, 2.24) is 10.2 Å². The van der Waals surface area contributed by atoms with Crippen LogP contribution in [0, 0.1) is 5.82 Å². The molecule has 0 radical (unpaired) electrons. The smallest absolute Gasteiger partial charge is 0.244 e. The molecule has 2 amide bonds. The fourth-order valence-corrected chi connectivity index (χ4v) is 4.50. The molecule has 180 valence electrons. The molecular weight excluding hydrogens is 492 g/mol. The molecule has 2 rings (SSSR count). The summed E-state index contributed by atoms with van der Waals surface area (Å²) in [7, 11) is -3.94. The molecule has 0 fully saturated rings. The first-order valence-corrected chi connectivity index (χ1v) is 12.7. The maximum absolute atomic E-state index is 14.3. The van der Waals surface area contributed by atoms with Gasteiger partial charge < -0.3 is 10.2 Å². The van der Waals surface area contributed by atoms with Gasteiger partial charge in [-0.05, 0) is 45.0 Å². The third-order valence-electron chi connectivity index (χ3n) is 4.75. The quantitative estimate of drug-likeness (QED) is 0.547. The predicted molar refractivity (Wildman–Crippen MR) is 128 cm³/mol. The maximum atomic E-state index is 14.3. The third kappa shape index (κ3) is 7.31. The number of benzene rings is 2. The van der Waals surface area contributed by atoms with Crippen LogP contribution in [0.5, 0.6) is 0 Å². The second kappa shape index (κ2) is 11.2. The average Bonchev–Trinajstić information content (AvgIpc) is 2.70. The number of nitrogens with one attached hydrogen (secondary N) is 1. The zero-order valence-corrected chi connectivity index (χ0v) is 21.0. The first-order valence-electron chi connectivity index (χ1n) is 10.1. The number of halogens is 3. The third-order valence-corrected chi connectivity index (χ3v) is 6.42. The molecular formula is C22H26Cl2FN3O4S. The van der Waals surface area contributed by atoms with Crippen molar-refractivity contribution in [2.45, 2.75) is 39.4 Å². The Balaban J connectivity index is 2.44. The van der Waals surface area contributed by atoms with E-state index in [2.05, 4.69) is 5.32 Å². The Morgan fingerprint density at radius 3 is 2.27 bits per heavy atom. The van der Waals surface area contributed by atoms with Crippen molar-refractivity contribution in [3.8, 4) is 0 Å². The van der Waals surface area contributed by atoms with Crippen LogP contribution in [0.3, 0.4) is 0 Å². The number of anilines is 1. The van der Waals surface area contributed by atoms with E-state index in [1.165, 1.54) is 43.3 Å². The Kier molecular flexibility index (Phi) is 9.11. The van der Waals surface area contributed by atoms with Crippen molar-refractivity contribution in [3.63, 3.8) is 0 Å². The Morgan fingerprint density at radius 2 is 1.73 bits per heavy atom. The molecule has 1 N–H and O–H groups in total. The van der Waals surface area contributed by atoms with Crippen LogP contribution in [-0.2, 0) is 26.2 Å². The molecule has 0 aliphatic carbocycles. The summed E-state index contributed by atoms with van der Waals surface area (Å²) < 4.78 is 40.2. The zero-order valence-electron chi connectivity index (χ0n) is 18.7. The zero-order chi connectivity index (χ0) is 24.9. The van der Waals surface area contributed by atoms with Crippen molar-refractivity contribution in [2.24, 2.45) is 0 Å². The Labute approximate surface area is 203 Å². The standard InChI is InChI=1S/C22H26Cl2FN3O4S/c1-14(2)26-22(30)15(3)27(12-16-7-5-6-8-19(16)25)21(29)13-28(33(4,31)32)20-10-9-17(23)11-18(20)24/h5-11,14-15H,12-13H2,1-4H3,(H,26,30)/t15-/m0/s1. The number of carbonyl (C=O) groups is 2. The minimum atomic E-state index is -3.94. The second-order valence-electron chi connectivity index (χ2n) is 7.82. The van der Waals surface area contributed by atoms with E-state index in [1.807, 2.05) is 0 Å². The lowest BCUT2D eigenvalue weighted by Gasteiger charge is -2.32. The summed E-state index contributed by atoms with van der Waals surface area (Å²) in [5.74, 6) is -1.71. The predicted octanol–water partition coefficient (Wildman–Crippen LogP) is 3.84. The SMILES string of the molecule is CC(C)NC(=O)[C@H](C)N(Cc1ccccc1F)C(=O)CN(c1ccc(Cl)cc1Cl)S(C)(=O)=O. The lowest BCUT2D eigenvalue weighted by molar-refractivity contribution is -0.139. The molecule has 0 bridgehead atoms. The highest BCUT2D eigenvalue weighted by Gasteiger charge is 2.31. The molecule has 0 spiro atoms. The van der Waals surface area contributed by atoms with Gasteiger partial charge in [0, 0.05) is 23.2 Å². The van der Waals surface area contributed by atoms with E-state index in [9.17, 15) is 22.4 Å². The van der Waals surface area contributed by atoms with Gasteiger partial charge in [0.15, 0.2) is 0 Å². The second-order valence-corrected chi connectivity index (χ2v) is 10.6. The van der Waals surface area contributed by atoms with E-state index in [0.717, 1.165) is 15.5 Å². The number of rotatable bonds is 9. The highest BCUT2D eigenvalue weighted by atomic mass is 35.5. The summed E-state index contributed by atoms with van der Waals surface area (Å²) in [5, 5.41) is 3.04. The summed E-state index contributed by atoms with van der Waals surface area (Å²) >= 11 is 12.1. The summed E-state index contributed by atoms with van der Waals surface area (Å²) in [4.78, 5) is 27.1. The lowest BCUT2D eigenvalue weighted by atomic mass is 10.1. The molecule has 0 aliphatic rings. The molecule has 0 aliphatic heterocycles. The molecule has 0 aromatic heterocycles. The van der Waals surface area contributed by atoms with Gasteiger partial charge in [-0.15, -0.1) is 0 Å². The first kappa shape index (κ1) is 26.9. The van der Waals surface area contributed by atoms with E-state index in [0.29, 0.717) is 5.02 Å². The van der Waals surface area contributed by atoms with Crippen LogP contribution in [0.2, 0.25) is 10.0 Å². The van der Waals surface area contributed by atoms with E-state index < -0.39 is 40.2 Å². The Morgan fingerprint density at radius 1 is 1.09 bits per heavy atom. The van der Waals surface area contributed by atoms with Gasteiger partial charge in [-0.2, -0.15) is 0 Å². The van der Waals surface area contributed by atoms with Crippen molar-refractivity contribution < 1.29 is 22.4 Å². The molecule has 2 aromatic rings. The van der Waals surface area contributed by atoms with Gasteiger partial charge in [0.1, 0.15) is 18.4 Å². The molecule has 1 atom stereocenters. The Bertz CT molecular complexity index is 1130. The molecule has 0 saturated heterocycles. The van der Waals surface area contributed by atoms with Crippen LogP contribution < -0.4 is 9.62 Å². The van der Waals surface area contributed by atoms with Crippen molar-refractivity contribution in [2.75, 3.05) is 17.1 Å². The molecule has 7 nitrogen and oxygen atoms in total. The van der Waals surface area contributed by atoms with E-state index in [-0.39, 0.29) is 28.9 Å². The van der Waals surface area contributed by atoms with Gasteiger partial charge in [-0.25, -0.2) is 12.8 Å². The van der Waals surface area contributed by atoms with Crippen LogP contribution >= 0.6 is 23.2 Å². The topological polar surface area (TPSA) is 86.8 Å². The molecule has 0 unspecified atom stereocenters. The summed E-state index contributed by atoms with van der Waals surface area (Å²) in [5.41, 5.74) is 0.243. The van der Waals surface area contributed by atoms with Crippen LogP contribution in [-0.4, -0.2) is 50.0 Å². The van der Waals surface area contributed by atoms with E-state index in [4.69, 9.17) is 23.2 Å². The molecule has 2 aromatic carbocycles. The van der Waals surface area contributed by atoms with Gasteiger partial charge in [-0.1, -0.05) is 41.4 Å². The van der Waals surface area contributed by atoms with Gasteiger partial charge in [0.05, 0.1) is 17.0 Å². The largest absolute Gasteiger partial charge is 0.352 e. The maximum Gasteiger partial charge on any atom is 0.244 e. The number of nitrogens with zero attached hydrogens (tertiary/aromatic N) is 2. The number of carbonyl (C=O) groups excluding carboxylic acids is 2. The minimum absolute atomic E-state index is 0.0342. The van der Waals surface area contributed by atoms with Crippen molar-refractivity contribution >= 4 is 50.7 Å². The van der Waals surface area contributed by atoms with Crippen LogP contribution in [0.25, 0.3) is 0 Å². The number of hydrogen-bond acceptors (Lipinski definition) is 4. The molecule has 11 heteroatoms. The van der Waals surface area contributed by atoms with Gasteiger partial charge >= 0.3 is 0 Å². The van der Waals surface area contributed by atoms with Crippen molar-refractivity contribution in [3.05, 3.63) is 63.9 Å². The number of sulfonamides is 1. The summed E-state index contributed by atoms with van der Waals surface area (Å²) in [6.45, 7) is 4.15. The fraction of sp³-hybridized carbons (Fsp3) is 0.364. The summed E-state index contributed by atoms with van der Waals surface area (Å²) in [6, 6.07) is 8.85. The minimum Gasteiger partial charge on any atom is -0.352 e. The van der Waals surface area contributed by atoms with Gasteiger partial charge in [-0.3, -0.25) is 13.9 Å². The van der Waals surface area contributed by atoms with E-state index >= 15 is 0 Å².